The Hall–Kier alpha value is -3.47. The molecule has 3 N–H and O–H groups in total. The molecule has 0 saturated carbocycles. The Labute approximate surface area is 189 Å². The van der Waals surface area contributed by atoms with Crippen molar-refractivity contribution in [2.45, 2.75) is 17.6 Å². The quantitative estimate of drug-likeness (QED) is 0.198. The molecule has 3 rings (SSSR count). The maximum atomic E-state index is 12.7. The smallest absolute Gasteiger partial charge is 0.471 e. The summed E-state index contributed by atoms with van der Waals surface area (Å²) in [6.45, 7) is 0. The summed E-state index contributed by atoms with van der Waals surface area (Å²) in [6, 6.07) is -1.17. The van der Waals surface area contributed by atoms with Gasteiger partial charge in [-0.15, -0.1) is 23.1 Å². The third-order valence-electron chi connectivity index (χ3n) is 4.25. The van der Waals surface area contributed by atoms with Crippen LogP contribution in [-0.4, -0.2) is 81.1 Å². The Morgan fingerprint density at radius 1 is 1.39 bits per heavy atom. The van der Waals surface area contributed by atoms with Crippen LogP contribution in [-0.2, 0) is 28.8 Å². The van der Waals surface area contributed by atoms with Gasteiger partial charge in [0, 0.05) is 16.7 Å². The average Bonchev–Trinajstić information content (AvgIpc) is 3.21. The number of hydrogen-bond donors (Lipinski definition) is 3. The first-order valence-corrected chi connectivity index (χ1v) is 10.5. The van der Waals surface area contributed by atoms with Crippen molar-refractivity contribution < 1.29 is 47.1 Å². The molecule has 1 fully saturated rings. The molecule has 33 heavy (non-hydrogen) atoms. The van der Waals surface area contributed by atoms with E-state index < -0.39 is 57.8 Å². The molecule has 0 spiro atoms. The number of β-lactam (4-membered cyclic amide) rings is 1. The maximum absolute atomic E-state index is 12.7. The number of carbonyl (C=O) groups is 5. The minimum atomic E-state index is -5.15. The zero-order valence-corrected chi connectivity index (χ0v) is 17.8. The third kappa shape index (κ3) is 4.68. The van der Waals surface area contributed by atoms with Gasteiger partial charge in [0.2, 0.25) is 0 Å². The highest BCUT2D eigenvalue weighted by atomic mass is 32.2. The first kappa shape index (κ1) is 24.2. The lowest BCUT2D eigenvalue weighted by Gasteiger charge is -2.48. The summed E-state index contributed by atoms with van der Waals surface area (Å²) in [7, 11) is 1.09. The fraction of sp³-hybridized carbons (Fsp3) is 0.312. The summed E-state index contributed by atoms with van der Waals surface area (Å²) in [5, 5.41) is 16.5. The predicted molar refractivity (Wildman–Crippen MR) is 106 cm³/mol. The van der Waals surface area contributed by atoms with Crippen molar-refractivity contribution in [2.75, 3.05) is 18.2 Å². The number of fused-ring (bicyclic) bond motifs is 1. The number of thiazole rings is 1. The molecule has 1 aromatic rings. The molecule has 1 unspecified atom stereocenters. The monoisotopic (exact) mass is 507 g/mol. The molecule has 17 heteroatoms. The van der Waals surface area contributed by atoms with E-state index in [1.807, 2.05) is 0 Å². The first-order chi connectivity index (χ1) is 15.5. The topological polar surface area (TPSA) is 167 Å². The summed E-state index contributed by atoms with van der Waals surface area (Å²) >= 11 is 1.64. The summed E-state index contributed by atoms with van der Waals surface area (Å²) in [5.74, 6) is -5.51. The standard InChI is InChI=1S/C16H12F3N5O7S2/c1-31-23-7(6-4-33-15(20-6)22-14(30)16(17,18)19)10(26)21-8-11(27)24-9(13(28)29)5(2-25)3-32-12(8)24/h2,4,8,12H,3H2,1H3,(H,21,26)(H,28,29)(H,20,22,30)/t8?,12-/m0/s1. The van der Waals surface area contributed by atoms with Crippen molar-refractivity contribution >= 4 is 63.9 Å². The largest absolute Gasteiger partial charge is 0.477 e. The van der Waals surface area contributed by atoms with E-state index in [0.717, 1.165) is 29.2 Å². The van der Waals surface area contributed by atoms with Gasteiger partial charge in [-0.1, -0.05) is 5.16 Å². The van der Waals surface area contributed by atoms with Gasteiger partial charge in [0.05, 0.1) is 0 Å². The van der Waals surface area contributed by atoms with Gasteiger partial charge < -0.3 is 15.3 Å². The van der Waals surface area contributed by atoms with E-state index in [1.54, 1.807) is 0 Å². The molecule has 2 aliphatic heterocycles. The van der Waals surface area contributed by atoms with Gasteiger partial charge in [-0.25, -0.2) is 9.78 Å². The number of amides is 3. The molecule has 3 amide bonds. The molecule has 0 radical (unpaired) electrons. The van der Waals surface area contributed by atoms with E-state index in [2.05, 4.69) is 20.3 Å². The molecular formula is C16H12F3N5O7S2. The predicted octanol–water partition coefficient (Wildman–Crippen LogP) is -0.0681. The maximum Gasteiger partial charge on any atom is 0.471 e. The van der Waals surface area contributed by atoms with E-state index >= 15 is 0 Å². The number of carboxylic acid groups (broad SMARTS) is 1. The number of aldehydes is 1. The SMILES string of the molecule is CON=C(C(=O)NC1C(=O)N2C(C(=O)O)=C(C=O)CS[C@@H]12)c1csc(NC(=O)C(F)(F)F)n1. The number of aromatic nitrogens is 1. The first-order valence-electron chi connectivity index (χ1n) is 8.62. The lowest BCUT2D eigenvalue weighted by atomic mass is 10.0. The Kier molecular flexibility index (Phi) is 6.73. The molecular weight excluding hydrogens is 495 g/mol. The Morgan fingerprint density at radius 3 is 2.67 bits per heavy atom. The van der Waals surface area contributed by atoms with Crippen molar-refractivity contribution in [3.05, 3.63) is 22.3 Å². The number of halogens is 3. The molecule has 176 valence electrons. The van der Waals surface area contributed by atoms with Gasteiger partial charge in [0.1, 0.15) is 36.2 Å². The molecule has 12 nitrogen and oxygen atoms in total. The molecule has 2 aliphatic rings. The highest BCUT2D eigenvalue weighted by Crippen LogP contribution is 2.39. The number of nitrogens with one attached hydrogen (secondary N) is 2. The zero-order chi connectivity index (χ0) is 24.5. The number of nitrogens with zero attached hydrogens (tertiary/aromatic N) is 3. The second kappa shape index (κ2) is 9.18. The Bertz CT molecular complexity index is 1100. The van der Waals surface area contributed by atoms with E-state index in [9.17, 15) is 42.3 Å². The van der Waals surface area contributed by atoms with Crippen LogP contribution in [0.1, 0.15) is 5.69 Å². The number of aliphatic carboxylic acids is 1. The number of oxime groups is 1. The van der Waals surface area contributed by atoms with Crippen molar-refractivity contribution in [1.82, 2.24) is 15.2 Å². The Morgan fingerprint density at radius 2 is 2.09 bits per heavy atom. The number of hydrogen-bond acceptors (Lipinski definition) is 10. The highest BCUT2D eigenvalue weighted by Gasteiger charge is 2.54. The van der Waals surface area contributed by atoms with Crippen molar-refractivity contribution in [2.24, 2.45) is 5.16 Å². The van der Waals surface area contributed by atoms with Crippen LogP contribution in [0.3, 0.4) is 0 Å². The van der Waals surface area contributed by atoms with Crippen LogP contribution in [0.5, 0.6) is 0 Å². The van der Waals surface area contributed by atoms with Crippen LogP contribution in [0, 0.1) is 0 Å². The fourth-order valence-electron chi connectivity index (χ4n) is 2.85. The summed E-state index contributed by atoms with van der Waals surface area (Å²) in [5.41, 5.74) is -1.30. The molecule has 1 aromatic heterocycles. The molecule has 2 atom stereocenters. The molecule has 3 heterocycles. The minimum absolute atomic E-state index is 0.000677. The lowest BCUT2D eigenvalue weighted by Crippen LogP contribution is -2.71. The van der Waals surface area contributed by atoms with E-state index in [-0.39, 0.29) is 17.0 Å². The fourth-order valence-corrected chi connectivity index (χ4v) is 4.83. The second-order valence-corrected chi connectivity index (χ2v) is 8.23. The minimum Gasteiger partial charge on any atom is -0.477 e. The van der Waals surface area contributed by atoms with Crippen molar-refractivity contribution in [3.8, 4) is 0 Å². The van der Waals surface area contributed by atoms with Crippen LogP contribution < -0.4 is 10.6 Å². The highest BCUT2D eigenvalue weighted by molar-refractivity contribution is 8.00. The van der Waals surface area contributed by atoms with E-state index in [1.165, 1.54) is 5.32 Å². The van der Waals surface area contributed by atoms with Crippen LogP contribution in [0.15, 0.2) is 21.8 Å². The normalized spacial score (nSPS) is 20.5. The van der Waals surface area contributed by atoms with Gasteiger partial charge in [-0.05, 0) is 0 Å². The van der Waals surface area contributed by atoms with Gasteiger partial charge in [-0.2, -0.15) is 13.2 Å². The molecule has 0 aromatic carbocycles. The van der Waals surface area contributed by atoms with E-state index in [4.69, 9.17) is 0 Å². The number of alkyl halides is 3. The van der Waals surface area contributed by atoms with Crippen LogP contribution in [0.25, 0.3) is 0 Å². The summed E-state index contributed by atoms with van der Waals surface area (Å²) < 4.78 is 37.2. The molecule has 0 bridgehead atoms. The second-order valence-electron chi connectivity index (χ2n) is 6.27. The van der Waals surface area contributed by atoms with Crippen LogP contribution >= 0.6 is 23.1 Å². The third-order valence-corrected chi connectivity index (χ3v) is 6.31. The van der Waals surface area contributed by atoms with Crippen LogP contribution in [0.2, 0.25) is 0 Å². The summed E-state index contributed by atoms with van der Waals surface area (Å²) in [6.07, 6.45) is -4.81. The zero-order valence-electron chi connectivity index (χ0n) is 16.2. The lowest BCUT2D eigenvalue weighted by molar-refractivity contribution is -0.167. The van der Waals surface area contributed by atoms with Crippen LogP contribution in [0.4, 0.5) is 18.3 Å². The number of rotatable bonds is 7. The number of thioether (sulfide) groups is 1. The average molecular weight is 507 g/mol. The van der Waals surface area contributed by atoms with E-state index in [0.29, 0.717) is 17.6 Å². The van der Waals surface area contributed by atoms with Gasteiger partial charge in [-0.3, -0.25) is 29.4 Å². The number of anilines is 1. The van der Waals surface area contributed by atoms with Gasteiger partial charge >= 0.3 is 18.1 Å². The Balaban J connectivity index is 1.76. The van der Waals surface area contributed by atoms with Crippen molar-refractivity contribution in [3.63, 3.8) is 0 Å². The van der Waals surface area contributed by atoms with Crippen molar-refractivity contribution in [1.29, 1.82) is 0 Å². The summed E-state index contributed by atoms with van der Waals surface area (Å²) in [4.78, 5) is 67.9. The van der Waals surface area contributed by atoms with Gasteiger partial charge in [0.25, 0.3) is 11.8 Å². The van der Waals surface area contributed by atoms with Gasteiger partial charge in [0.15, 0.2) is 10.8 Å². The number of carbonyl (C=O) groups excluding carboxylic acids is 4. The number of carboxylic acids is 1. The molecule has 1 saturated heterocycles. The molecule has 0 aliphatic carbocycles.